The average Bonchev–Trinajstić information content (AvgIpc) is 3.31. The third-order valence-electron chi connectivity index (χ3n) is 7.34. The van der Waals surface area contributed by atoms with Crippen LogP contribution in [0.25, 0.3) is 0 Å². The van der Waals surface area contributed by atoms with Crippen molar-refractivity contribution in [2.24, 2.45) is 0 Å². The fourth-order valence-corrected chi connectivity index (χ4v) is 5.26. The van der Waals surface area contributed by atoms with E-state index < -0.39 is 11.3 Å². The number of rotatable bonds is 10. The van der Waals surface area contributed by atoms with E-state index in [-0.39, 0.29) is 38.1 Å². The molecule has 3 atom stereocenters. The van der Waals surface area contributed by atoms with Crippen molar-refractivity contribution >= 4 is 24.1 Å². The van der Waals surface area contributed by atoms with Crippen molar-refractivity contribution in [2.45, 2.75) is 49.9 Å². The number of anilines is 1. The number of benzene rings is 3. The van der Waals surface area contributed by atoms with Crippen LogP contribution in [0.15, 0.2) is 78.9 Å². The first-order chi connectivity index (χ1) is 17.5. The molecule has 0 aromatic heterocycles. The van der Waals surface area contributed by atoms with Crippen molar-refractivity contribution < 1.29 is 28.4 Å². The zero-order valence-electron chi connectivity index (χ0n) is 22.4. The maximum absolute atomic E-state index is 12.8. The van der Waals surface area contributed by atoms with Crippen molar-refractivity contribution in [2.75, 3.05) is 11.4 Å². The van der Waals surface area contributed by atoms with Crippen LogP contribution in [-0.4, -0.2) is 25.0 Å². The van der Waals surface area contributed by atoms with Crippen molar-refractivity contribution in [3.8, 4) is 6.07 Å². The Morgan fingerprint density at radius 3 is 2.45 bits per heavy atom. The van der Waals surface area contributed by atoms with Crippen molar-refractivity contribution in [3.63, 3.8) is 0 Å². The molecular formula is C32H32LiN3O2-2. The first-order valence-electron chi connectivity index (χ1n) is 12.2. The predicted octanol–water partition coefficient (Wildman–Crippen LogP) is 3.38. The van der Waals surface area contributed by atoms with Crippen LogP contribution < -0.4 is 23.8 Å². The number of hydrogen-bond acceptors (Lipinski definition) is 4. The fourth-order valence-electron chi connectivity index (χ4n) is 5.26. The molecule has 0 spiro atoms. The second-order valence-corrected chi connectivity index (χ2v) is 9.60. The van der Waals surface area contributed by atoms with Gasteiger partial charge in [-0.25, -0.2) is 0 Å². The predicted molar refractivity (Wildman–Crippen MR) is 148 cm³/mol. The Labute approximate surface area is 238 Å². The number of unbranched alkanes of at least 4 members (excludes halogenated alkanes) is 1. The largest absolute Gasteiger partial charge is 1.00 e. The van der Waals surface area contributed by atoms with E-state index in [2.05, 4.69) is 30.7 Å². The van der Waals surface area contributed by atoms with Gasteiger partial charge in [0.05, 0.1) is 11.6 Å². The number of carbonyl (C=O) groups excluding carboxylic acids is 2. The summed E-state index contributed by atoms with van der Waals surface area (Å²) in [4.78, 5) is 27.0. The Hall–Kier alpha value is -3.44. The molecule has 1 amide bonds. The van der Waals surface area contributed by atoms with Gasteiger partial charge in [0.1, 0.15) is 0 Å². The summed E-state index contributed by atoms with van der Waals surface area (Å²) >= 11 is 0. The number of hydrogen-bond donors (Lipinski definition) is 1. The zero-order chi connectivity index (χ0) is 25.5. The summed E-state index contributed by atoms with van der Waals surface area (Å²) in [5.74, 6) is -0.315. The van der Waals surface area contributed by atoms with Gasteiger partial charge in [-0.2, -0.15) is 11.7 Å². The number of amides is 1. The standard InChI is InChI=1S/C31H29N3O2.CH3.Li/c1-31(16-5-6-17-32,27-11-7-8-23(18-27)20-33)29(22-35)25-12-14-28(15-13-25)34-21-26(19-30(34)36)24-9-3-2-4-10-24;;/h2-4,7-15,18,26,29,32H,5-6,16,19,21H2,1H3;1H3;/q-2;-1;+1/t26?,29-,31-;;/m1../s1. The third kappa shape index (κ3) is 6.51. The summed E-state index contributed by atoms with van der Waals surface area (Å²) in [5, 5.41) is 16.7. The van der Waals surface area contributed by atoms with Gasteiger partial charge in [-0.15, -0.1) is 5.92 Å². The van der Waals surface area contributed by atoms with E-state index in [9.17, 15) is 14.9 Å². The molecular weight excluding hydrogens is 465 g/mol. The average molecular weight is 498 g/mol. The second kappa shape index (κ2) is 13.9. The summed E-state index contributed by atoms with van der Waals surface area (Å²) in [6, 6.07) is 27.3. The Kier molecular flexibility index (Phi) is 11.3. The van der Waals surface area contributed by atoms with Crippen LogP contribution >= 0.6 is 0 Å². The molecule has 5 nitrogen and oxygen atoms in total. The first kappa shape index (κ1) is 30.8. The molecule has 0 saturated carbocycles. The maximum atomic E-state index is 12.8. The van der Waals surface area contributed by atoms with Crippen molar-refractivity contribution in [1.29, 1.82) is 10.7 Å². The minimum Gasteiger partial charge on any atom is -0.541 e. The van der Waals surface area contributed by atoms with Crippen LogP contribution in [0.5, 0.6) is 0 Å². The van der Waals surface area contributed by atoms with E-state index in [1.807, 2.05) is 72.5 Å². The molecule has 38 heavy (non-hydrogen) atoms. The van der Waals surface area contributed by atoms with Gasteiger partial charge in [0.2, 0.25) is 5.91 Å². The summed E-state index contributed by atoms with van der Waals surface area (Å²) in [7, 11) is 0. The smallest absolute Gasteiger partial charge is 0.541 e. The molecule has 1 unspecified atom stereocenters. The van der Waals surface area contributed by atoms with Crippen molar-refractivity contribution in [1.82, 2.24) is 0 Å². The van der Waals surface area contributed by atoms with Gasteiger partial charge in [-0.05, 0) is 47.2 Å². The van der Waals surface area contributed by atoms with E-state index in [0.29, 0.717) is 37.8 Å². The number of nitriles is 1. The van der Waals surface area contributed by atoms with Crippen LogP contribution in [0.2, 0.25) is 0 Å². The Bertz CT molecular complexity index is 1270. The summed E-state index contributed by atoms with van der Waals surface area (Å²) in [6.07, 6.45) is 7.00. The van der Waals surface area contributed by atoms with E-state index in [1.165, 1.54) is 0 Å². The zero-order valence-corrected chi connectivity index (χ0v) is 22.4. The second-order valence-electron chi connectivity index (χ2n) is 9.60. The summed E-state index contributed by atoms with van der Waals surface area (Å²) in [6.45, 7) is 2.65. The molecule has 0 bridgehead atoms. The topological polar surface area (TPSA) is 85.0 Å². The van der Waals surface area contributed by atoms with Gasteiger partial charge < -0.3 is 28.7 Å². The van der Waals surface area contributed by atoms with E-state index in [0.717, 1.165) is 22.4 Å². The maximum Gasteiger partial charge on any atom is 1.00 e. The molecule has 190 valence electrons. The van der Waals surface area contributed by atoms with Crippen LogP contribution in [0.4, 0.5) is 5.69 Å². The summed E-state index contributed by atoms with van der Waals surface area (Å²) in [5.41, 5.74) is 3.61. The minimum atomic E-state index is -0.616. The number of nitrogens with zero attached hydrogens (tertiary/aromatic N) is 2. The third-order valence-corrected chi connectivity index (χ3v) is 7.34. The molecule has 1 fully saturated rings. The SMILES string of the molecule is C[C@@](CCC[C-]=N)(c1cccc(C#N)c1)[C@H]([C-]=O)c1ccc(N2CC(c3ccccc3)CC2=O)cc1.[CH3-].[Li+]. The molecule has 3 aromatic rings. The number of nitrogens with one attached hydrogen (secondary N) is 1. The molecule has 1 aliphatic heterocycles. The van der Waals surface area contributed by atoms with Gasteiger partial charge in [0.25, 0.3) is 0 Å². The normalized spacial score (nSPS) is 16.8. The number of carbonyl (C=O) groups is 1. The van der Waals surface area contributed by atoms with Crippen LogP contribution in [-0.2, 0) is 15.0 Å². The van der Waals surface area contributed by atoms with Gasteiger partial charge in [0.15, 0.2) is 0 Å². The van der Waals surface area contributed by atoms with E-state index >= 15 is 0 Å². The Morgan fingerprint density at radius 1 is 1.11 bits per heavy atom. The monoisotopic (exact) mass is 497 g/mol. The first-order valence-corrected chi connectivity index (χ1v) is 12.2. The Balaban J connectivity index is 0.00000253. The van der Waals surface area contributed by atoms with Crippen LogP contribution in [0.1, 0.15) is 66.7 Å². The molecule has 1 aliphatic rings. The van der Waals surface area contributed by atoms with Gasteiger partial charge in [0, 0.05) is 24.6 Å². The molecule has 1 heterocycles. The van der Waals surface area contributed by atoms with E-state index in [1.54, 1.807) is 6.07 Å². The van der Waals surface area contributed by atoms with E-state index in [4.69, 9.17) is 5.41 Å². The molecule has 3 aromatic carbocycles. The Morgan fingerprint density at radius 2 is 1.82 bits per heavy atom. The molecule has 6 heteroatoms. The van der Waals surface area contributed by atoms with Gasteiger partial charge in [-0.1, -0.05) is 73.5 Å². The van der Waals surface area contributed by atoms with Crippen LogP contribution in [0, 0.1) is 24.2 Å². The molecule has 0 radical (unpaired) electrons. The quantitative estimate of drug-likeness (QED) is 0.202. The molecule has 1 saturated heterocycles. The van der Waals surface area contributed by atoms with Gasteiger partial charge >= 0.3 is 18.9 Å². The molecule has 4 rings (SSSR count). The fraction of sp³-hybridized carbons (Fsp3) is 0.281. The summed E-state index contributed by atoms with van der Waals surface area (Å²) < 4.78 is 0. The van der Waals surface area contributed by atoms with Crippen molar-refractivity contribution in [3.05, 3.63) is 109 Å². The molecule has 1 N–H and O–H groups in total. The molecule has 0 aliphatic carbocycles. The van der Waals surface area contributed by atoms with Gasteiger partial charge in [-0.3, -0.25) is 11.1 Å². The van der Waals surface area contributed by atoms with Crippen LogP contribution in [0.3, 0.4) is 0 Å². The minimum absolute atomic E-state index is 0.